The van der Waals surface area contributed by atoms with Gasteiger partial charge in [-0.1, -0.05) is 37.1 Å². The third kappa shape index (κ3) is 7.60. The lowest BCUT2D eigenvalue weighted by Gasteiger charge is -2.22. The molecule has 12 heteroatoms. The number of aliphatic hydroxyl groups excluding tert-OH is 1. The third-order valence-electron chi connectivity index (χ3n) is 5.87. The van der Waals surface area contributed by atoms with Gasteiger partial charge in [0.15, 0.2) is 5.82 Å². The van der Waals surface area contributed by atoms with Crippen LogP contribution in [-0.4, -0.2) is 66.5 Å². The number of ether oxygens (including phenoxy) is 1. The van der Waals surface area contributed by atoms with Crippen molar-refractivity contribution in [3.05, 3.63) is 46.4 Å². The van der Waals surface area contributed by atoms with Crippen LogP contribution in [-0.2, 0) is 24.1 Å². The molecule has 1 aromatic carbocycles. The first-order valence-corrected chi connectivity index (χ1v) is 12.1. The molecule has 6 N–H and O–H groups in total. The van der Waals surface area contributed by atoms with Gasteiger partial charge in [0.2, 0.25) is 5.95 Å². The van der Waals surface area contributed by atoms with Crippen LogP contribution in [0.4, 0.5) is 11.8 Å². The molecule has 194 valence electrons. The van der Waals surface area contributed by atoms with Crippen molar-refractivity contribution in [1.82, 2.24) is 30.6 Å². The first kappa shape index (κ1) is 26.8. The van der Waals surface area contributed by atoms with Crippen molar-refractivity contribution >= 4 is 17.7 Å². The summed E-state index contributed by atoms with van der Waals surface area (Å²) in [6, 6.07) is 5.80. The summed E-state index contributed by atoms with van der Waals surface area (Å²) in [4.78, 5) is 20.2. The second-order valence-corrected chi connectivity index (χ2v) is 8.57. The average molecular weight is 499 g/mol. The molecular formula is C24H34N8O4. The van der Waals surface area contributed by atoms with Crippen molar-refractivity contribution in [2.45, 2.75) is 64.3 Å². The number of carbonyl (C=O) groups is 1. The minimum atomic E-state index is -0.923. The summed E-state index contributed by atoms with van der Waals surface area (Å²) < 4.78 is 5.62. The minimum Gasteiger partial charge on any atom is -0.496 e. The molecule has 1 unspecified atom stereocenters. The Bertz CT molecular complexity index is 1120. The number of aryl methyl sites for hydroxylation is 1. The molecule has 0 spiro atoms. The smallest absolute Gasteiger partial charge is 0.303 e. The first-order valence-electron chi connectivity index (χ1n) is 12.1. The zero-order valence-corrected chi connectivity index (χ0v) is 20.7. The van der Waals surface area contributed by atoms with E-state index in [1.54, 1.807) is 7.11 Å². The van der Waals surface area contributed by atoms with Gasteiger partial charge in [0.1, 0.15) is 11.6 Å². The Hall–Kier alpha value is -3.80. The summed E-state index contributed by atoms with van der Waals surface area (Å²) in [6.07, 6.45) is 4.41. The number of rotatable bonds is 15. The first-order chi connectivity index (χ1) is 17.4. The number of carboxylic acids is 1. The number of nitrogens with zero attached hydrogens (tertiary/aromatic N) is 5. The lowest BCUT2D eigenvalue weighted by molar-refractivity contribution is -0.136. The van der Waals surface area contributed by atoms with Gasteiger partial charge in [0.25, 0.3) is 0 Å². The summed E-state index contributed by atoms with van der Waals surface area (Å²) in [6.45, 7) is 2.15. The van der Waals surface area contributed by atoms with Crippen molar-refractivity contribution in [2.75, 3.05) is 24.8 Å². The Kier molecular flexibility index (Phi) is 9.92. The number of nitrogens with two attached hydrogens (primary N) is 1. The molecule has 2 heterocycles. The number of tetrazole rings is 1. The lowest BCUT2D eigenvalue weighted by Crippen LogP contribution is -2.24. The maximum atomic E-state index is 11.3. The predicted molar refractivity (Wildman–Crippen MR) is 134 cm³/mol. The molecule has 0 fully saturated rings. The number of nitrogens with one attached hydrogen (secondary N) is 2. The van der Waals surface area contributed by atoms with Crippen molar-refractivity contribution in [3.63, 3.8) is 0 Å². The third-order valence-corrected chi connectivity index (χ3v) is 5.87. The topological polar surface area (TPSA) is 185 Å². The van der Waals surface area contributed by atoms with E-state index >= 15 is 0 Å². The molecule has 0 saturated heterocycles. The fourth-order valence-corrected chi connectivity index (χ4v) is 4.09. The zero-order chi connectivity index (χ0) is 25.9. The molecule has 0 aliphatic carbocycles. The molecule has 12 nitrogen and oxygen atoms in total. The molecule has 0 saturated carbocycles. The van der Waals surface area contributed by atoms with Crippen molar-refractivity contribution in [1.29, 1.82) is 0 Å². The maximum Gasteiger partial charge on any atom is 0.303 e. The molecule has 2 aromatic heterocycles. The molecule has 0 aliphatic heterocycles. The summed E-state index contributed by atoms with van der Waals surface area (Å²) in [7, 11) is 1.60. The van der Waals surface area contributed by atoms with E-state index in [2.05, 4.69) is 42.8 Å². The molecule has 0 aliphatic rings. The number of anilines is 2. The number of hydrogen-bond donors (Lipinski definition) is 5. The van der Waals surface area contributed by atoms with E-state index in [1.165, 1.54) is 0 Å². The van der Waals surface area contributed by atoms with E-state index < -0.39 is 5.97 Å². The van der Waals surface area contributed by atoms with Crippen molar-refractivity contribution in [2.24, 2.45) is 0 Å². The number of hydrogen-bond acceptors (Lipinski definition) is 10. The highest BCUT2D eigenvalue weighted by Crippen LogP contribution is 2.29. The van der Waals surface area contributed by atoms with Gasteiger partial charge in [-0.25, -0.2) is 4.98 Å². The van der Waals surface area contributed by atoms with Crippen LogP contribution in [0.3, 0.4) is 0 Å². The molecule has 1 atom stereocenters. The van der Waals surface area contributed by atoms with Gasteiger partial charge in [-0.05, 0) is 30.0 Å². The molecule has 0 amide bonds. The van der Waals surface area contributed by atoms with Gasteiger partial charge in [0, 0.05) is 37.5 Å². The Morgan fingerprint density at radius 1 is 1.25 bits per heavy atom. The van der Waals surface area contributed by atoms with Gasteiger partial charge < -0.3 is 26.0 Å². The normalized spacial score (nSPS) is 11.9. The number of nitrogen functional groups attached to an aromatic ring is 1. The van der Waals surface area contributed by atoms with Crippen molar-refractivity contribution < 1.29 is 19.7 Å². The molecule has 36 heavy (non-hydrogen) atoms. The summed E-state index contributed by atoms with van der Waals surface area (Å²) in [5, 5.41) is 36.4. The standard InChI is InChI=1S/C24H34N8O4/c1-3-4-5-17(10-11-33)26-23-18(19(7-9-22(34)35)27-24(25)28-23)14-16-12-15(6-8-20(16)36-2)13-21-29-31-32-30-21/h6,8,12,17,33H,3-5,7,9-11,13-14H2,1-2H3,(H,34,35)(H3,25,26,27,28)(H,29,30,31,32). The van der Waals surface area contributed by atoms with Crippen LogP contribution in [0.15, 0.2) is 18.2 Å². The van der Waals surface area contributed by atoms with E-state index in [1.807, 2.05) is 18.2 Å². The van der Waals surface area contributed by atoms with E-state index in [-0.39, 0.29) is 31.4 Å². The van der Waals surface area contributed by atoms with Gasteiger partial charge >= 0.3 is 5.97 Å². The van der Waals surface area contributed by atoms with Crippen LogP contribution in [0.5, 0.6) is 5.75 Å². The van der Waals surface area contributed by atoms with Crippen LogP contribution in [0.25, 0.3) is 0 Å². The minimum absolute atomic E-state index is 0.0122. The Morgan fingerprint density at radius 2 is 2.08 bits per heavy atom. The number of unbranched alkanes of at least 4 members (excludes halogenated alkanes) is 1. The number of H-pyrrole nitrogens is 1. The Labute approximate surface area is 209 Å². The number of aliphatic hydroxyl groups is 1. The second-order valence-electron chi connectivity index (χ2n) is 8.57. The fraction of sp³-hybridized carbons (Fsp3) is 0.500. The number of aliphatic carboxylic acids is 1. The average Bonchev–Trinajstić information content (AvgIpc) is 3.36. The number of methoxy groups -OCH3 is 1. The molecular weight excluding hydrogens is 464 g/mol. The number of aromatic amines is 1. The zero-order valence-electron chi connectivity index (χ0n) is 20.7. The highest BCUT2D eigenvalue weighted by molar-refractivity contribution is 5.67. The van der Waals surface area contributed by atoms with E-state index in [9.17, 15) is 15.0 Å². The lowest BCUT2D eigenvalue weighted by atomic mass is 9.97. The quantitative estimate of drug-likeness (QED) is 0.207. The highest BCUT2D eigenvalue weighted by atomic mass is 16.5. The van der Waals surface area contributed by atoms with E-state index in [0.29, 0.717) is 42.3 Å². The Balaban J connectivity index is 2.01. The highest BCUT2D eigenvalue weighted by Gasteiger charge is 2.20. The van der Waals surface area contributed by atoms with Gasteiger partial charge in [0.05, 0.1) is 19.2 Å². The molecule has 3 rings (SSSR count). The number of benzene rings is 1. The number of carboxylic acid groups (broad SMARTS) is 1. The molecule has 3 aromatic rings. The van der Waals surface area contributed by atoms with Gasteiger partial charge in [-0.3, -0.25) is 4.79 Å². The summed E-state index contributed by atoms with van der Waals surface area (Å²) in [5.41, 5.74) is 9.18. The predicted octanol–water partition coefficient (Wildman–Crippen LogP) is 2.13. The van der Waals surface area contributed by atoms with Crippen LogP contribution in [0.2, 0.25) is 0 Å². The van der Waals surface area contributed by atoms with Gasteiger partial charge in [-0.15, -0.1) is 10.2 Å². The summed E-state index contributed by atoms with van der Waals surface area (Å²) >= 11 is 0. The molecule has 0 bridgehead atoms. The van der Waals surface area contributed by atoms with Crippen LogP contribution >= 0.6 is 0 Å². The SMILES string of the molecule is CCCCC(CCO)Nc1nc(N)nc(CCC(=O)O)c1Cc1cc(Cc2nn[nH]n2)ccc1OC. The van der Waals surface area contributed by atoms with E-state index in [0.717, 1.165) is 36.0 Å². The van der Waals surface area contributed by atoms with Crippen LogP contribution in [0, 0.1) is 0 Å². The molecule has 0 radical (unpaired) electrons. The Morgan fingerprint density at radius 3 is 2.75 bits per heavy atom. The van der Waals surface area contributed by atoms with Crippen LogP contribution in [0.1, 0.15) is 67.2 Å². The van der Waals surface area contributed by atoms with E-state index in [4.69, 9.17) is 10.5 Å². The maximum absolute atomic E-state index is 11.3. The number of aromatic nitrogens is 6. The van der Waals surface area contributed by atoms with Gasteiger partial charge in [-0.2, -0.15) is 10.2 Å². The monoisotopic (exact) mass is 498 g/mol. The van der Waals surface area contributed by atoms with Crippen molar-refractivity contribution in [3.8, 4) is 5.75 Å². The second kappa shape index (κ2) is 13.3. The fourth-order valence-electron chi connectivity index (χ4n) is 4.09. The summed E-state index contributed by atoms with van der Waals surface area (Å²) in [5.74, 6) is 0.931. The van der Waals surface area contributed by atoms with Crippen LogP contribution < -0.4 is 15.8 Å². The largest absolute Gasteiger partial charge is 0.496 e.